The predicted molar refractivity (Wildman–Crippen MR) is 121 cm³/mol. The summed E-state index contributed by atoms with van der Waals surface area (Å²) in [7, 11) is 0. The fraction of sp³-hybridized carbons (Fsp3) is 0.579. The Morgan fingerprint density at radius 1 is 1.36 bits per heavy atom. The molecule has 6 nitrogen and oxygen atoms in total. The molecule has 0 saturated carbocycles. The van der Waals surface area contributed by atoms with Gasteiger partial charge in [0.1, 0.15) is 5.82 Å². The van der Waals surface area contributed by atoms with E-state index < -0.39 is 0 Å². The number of carbonyl (C=O) groups is 1. The number of nitrogens with zero attached hydrogens (tertiary/aromatic N) is 2. The highest BCUT2D eigenvalue weighted by Gasteiger charge is 2.24. The summed E-state index contributed by atoms with van der Waals surface area (Å²) in [5, 5.41) is 7.03. The number of guanidine groups is 1. The van der Waals surface area contributed by atoms with Crippen LogP contribution in [0.4, 0.5) is 9.18 Å². The largest absolute Gasteiger partial charge is 0.450 e. The minimum absolute atomic E-state index is 0. The van der Waals surface area contributed by atoms with E-state index in [2.05, 4.69) is 15.6 Å². The summed E-state index contributed by atoms with van der Waals surface area (Å²) < 4.78 is 18.9. The molecule has 2 N–H and O–H groups in total. The van der Waals surface area contributed by atoms with Crippen LogP contribution in [0.25, 0.3) is 0 Å². The molecule has 1 aliphatic heterocycles. The molecule has 1 fully saturated rings. The monoisotopic (exact) mass is 526 g/mol. The number of ether oxygens (including phenoxy) is 1. The maximum absolute atomic E-state index is 13.8. The highest BCUT2D eigenvalue weighted by atomic mass is 127. The molecule has 1 heterocycles. The van der Waals surface area contributed by atoms with Gasteiger partial charge < -0.3 is 20.3 Å². The lowest BCUT2D eigenvalue weighted by Crippen LogP contribution is -2.50. The Morgan fingerprint density at radius 2 is 2.07 bits per heavy atom. The van der Waals surface area contributed by atoms with E-state index in [9.17, 15) is 9.18 Å². The molecule has 1 aromatic rings. The lowest BCUT2D eigenvalue weighted by Gasteiger charge is -2.32. The average molecular weight is 527 g/mol. The first-order chi connectivity index (χ1) is 13.0. The first-order valence-electron chi connectivity index (χ1n) is 9.44. The third-order valence-corrected chi connectivity index (χ3v) is 4.75. The minimum Gasteiger partial charge on any atom is -0.450 e. The van der Waals surface area contributed by atoms with E-state index in [-0.39, 0.29) is 41.9 Å². The van der Waals surface area contributed by atoms with Crippen LogP contribution < -0.4 is 10.6 Å². The molecular formula is C19H29ClFIN4O2. The molecule has 0 spiro atoms. The summed E-state index contributed by atoms with van der Waals surface area (Å²) in [5.41, 5.74) is 0.488. The normalized spacial score (nSPS) is 15.0. The van der Waals surface area contributed by atoms with Gasteiger partial charge in [0.2, 0.25) is 0 Å². The fourth-order valence-electron chi connectivity index (χ4n) is 2.99. The number of likely N-dealkylation sites (tertiary alicyclic amines) is 1. The van der Waals surface area contributed by atoms with Crippen LogP contribution in [0.2, 0.25) is 5.02 Å². The van der Waals surface area contributed by atoms with Gasteiger partial charge in [0.05, 0.1) is 6.61 Å². The predicted octanol–water partition coefficient (Wildman–Crippen LogP) is 3.82. The topological polar surface area (TPSA) is 66.0 Å². The lowest BCUT2D eigenvalue weighted by molar-refractivity contribution is 0.0963. The van der Waals surface area contributed by atoms with Gasteiger partial charge in [0.25, 0.3) is 0 Å². The molecule has 0 bridgehead atoms. The Kier molecular flexibility index (Phi) is 11.5. The lowest BCUT2D eigenvalue weighted by atomic mass is 10.1. The Bertz CT molecular complexity index is 635. The highest BCUT2D eigenvalue weighted by molar-refractivity contribution is 14.0. The first kappa shape index (κ1) is 24.7. The number of benzene rings is 1. The van der Waals surface area contributed by atoms with Crippen LogP contribution in [0.1, 0.15) is 32.3 Å². The molecule has 0 aromatic heterocycles. The number of hydrogen-bond acceptors (Lipinski definition) is 3. The van der Waals surface area contributed by atoms with E-state index >= 15 is 0 Å². The molecule has 9 heteroatoms. The van der Waals surface area contributed by atoms with Crippen LogP contribution in [-0.2, 0) is 11.2 Å². The summed E-state index contributed by atoms with van der Waals surface area (Å²) in [6, 6.07) is 4.92. The molecule has 28 heavy (non-hydrogen) atoms. The molecule has 0 aliphatic carbocycles. The summed E-state index contributed by atoms with van der Waals surface area (Å²) in [6.45, 7) is 6.65. The molecule has 2 rings (SSSR count). The van der Waals surface area contributed by atoms with Crippen molar-refractivity contribution in [3.05, 3.63) is 34.6 Å². The SMILES string of the molecule is CCNC(=NCCc1c(F)cccc1Cl)NC1CCN(C(=O)OCC)CC1.I. The third kappa shape index (κ3) is 7.62. The van der Waals surface area contributed by atoms with Gasteiger partial charge in [-0.25, -0.2) is 9.18 Å². The summed E-state index contributed by atoms with van der Waals surface area (Å²) in [4.78, 5) is 18.0. The van der Waals surface area contributed by atoms with Crippen LogP contribution in [0.15, 0.2) is 23.2 Å². The molecule has 1 saturated heterocycles. The molecule has 0 atom stereocenters. The smallest absolute Gasteiger partial charge is 0.409 e. The maximum atomic E-state index is 13.8. The minimum atomic E-state index is -0.304. The van der Waals surface area contributed by atoms with Gasteiger partial charge in [-0.3, -0.25) is 4.99 Å². The van der Waals surface area contributed by atoms with Crippen molar-refractivity contribution in [2.45, 2.75) is 39.2 Å². The van der Waals surface area contributed by atoms with Gasteiger partial charge in [0.15, 0.2) is 5.96 Å². The summed E-state index contributed by atoms with van der Waals surface area (Å²) in [5.74, 6) is 0.390. The van der Waals surface area contributed by atoms with Gasteiger partial charge in [-0.2, -0.15) is 0 Å². The molecule has 0 radical (unpaired) electrons. The molecule has 0 unspecified atom stereocenters. The van der Waals surface area contributed by atoms with Gasteiger partial charge >= 0.3 is 6.09 Å². The van der Waals surface area contributed by atoms with Crippen molar-refractivity contribution in [3.63, 3.8) is 0 Å². The average Bonchev–Trinajstić information content (AvgIpc) is 2.65. The van der Waals surface area contributed by atoms with Crippen molar-refractivity contribution in [2.24, 2.45) is 4.99 Å². The summed E-state index contributed by atoms with van der Waals surface area (Å²) >= 11 is 6.06. The van der Waals surface area contributed by atoms with Crippen LogP contribution in [-0.4, -0.2) is 55.8 Å². The number of halogens is 3. The zero-order valence-electron chi connectivity index (χ0n) is 16.3. The zero-order valence-corrected chi connectivity index (χ0v) is 19.4. The molecule has 1 aromatic carbocycles. The molecular weight excluding hydrogens is 498 g/mol. The van der Waals surface area contributed by atoms with Crippen LogP contribution in [0.5, 0.6) is 0 Å². The first-order valence-corrected chi connectivity index (χ1v) is 9.82. The molecule has 158 valence electrons. The van der Waals surface area contributed by atoms with Gasteiger partial charge in [-0.1, -0.05) is 17.7 Å². The second kappa shape index (κ2) is 13.0. The van der Waals surface area contributed by atoms with Crippen LogP contribution in [0.3, 0.4) is 0 Å². The number of amides is 1. The van der Waals surface area contributed by atoms with Crippen LogP contribution >= 0.6 is 35.6 Å². The Hall–Kier alpha value is -1.29. The second-order valence-corrected chi connectivity index (χ2v) is 6.72. The quantitative estimate of drug-likeness (QED) is 0.336. The Morgan fingerprint density at radius 3 is 2.68 bits per heavy atom. The maximum Gasteiger partial charge on any atom is 0.409 e. The number of rotatable bonds is 6. The molecule has 1 aliphatic rings. The number of hydrogen-bond donors (Lipinski definition) is 2. The second-order valence-electron chi connectivity index (χ2n) is 6.32. The van der Waals surface area contributed by atoms with Gasteiger partial charge in [-0.05, 0) is 45.2 Å². The van der Waals surface area contributed by atoms with E-state index in [4.69, 9.17) is 16.3 Å². The summed E-state index contributed by atoms with van der Waals surface area (Å²) in [6.07, 6.45) is 1.83. The number of piperidine rings is 1. The fourth-order valence-corrected chi connectivity index (χ4v) is 3.24. The Balaban J connectivity index is 0.00000392. The van der Waals surface area contributed by atoms with Gasteiger partial charge in [0, 0.05) is 42.8 Å². The zero-order chi connectivity index (χ0) is 19.6. The van der Waals surface area contributed by atoms with Crippen molar-refractivity contribution in [1.29, 1.82) is 0 Å². The number of nitrogens with one attached hydrogen (secondary N) is 2. The van der Waals surface area contributed by atoms with Crippen molar-refractivity contribution >= 4 is 47.6 Å². The molecule has 1 amide bonds. The van der Waals surface area contributed by atoms with E-state index in [1.165, 1.54) is 6.07 Å². The van der Waals surface area contributed by atoms with Crippen molar-refractivity contribution < 1.29 is 13.9 Å². The number of aliphatic imine (C=N–C) groups is 1. The third-order valence-electron chi connectivity index (χ3n) is 4.40. The van der Waals surface area contributed by atoms with Crippen LogP contribution in [0, 0.1) is 5.82 Å². The van der Waals surface area contributed by atoms with Crippen molar-refractivity contribution in [3.8, 4) is 0 Å². The van der Waals surface area contributed by atoms with Gasteiger partial charge in [-0.15, -0.1) is 24.0 Å². The van der Waals surface area contributed by atoms with E-state index in [0.717, 1.165) is 19.4 Å². The Labute approximate surface area is 188 Å². The van der Waals surface area contributed by atoms with E-state index in [1.54, 1.807) is 24.0 Å². The van der Waals surface area contributed by atoms with Crippen molar-refractivity contribution in [2.75, 3.05) is 32.8 Å². The van der Waals surface area contributed by atoms with E-state index in [1.807, 2.05) is 6.92 Å². The highest BCUT2D eigenvalue weighted by Crippen LogP contribution is 2.19. The van der Waals surface area contributed by atoms with E-state index in [0.29, 0.717) is 49.2 Å². The number of carbonyl (C=O) groups excluding carboxylic acids is 1. The standard InChI is InChI=1S/C19H28ClFN4O2.HI/c1-3-22-18(23-11-8-15-16(20)6-5-7-17(15)21)24-14-9-12-25(13-10-14)19(26)27-4-2;/h5-7,14H,3-4,8-13H2,1-2H3,(H2,22,23,24);1H. The van der Waals surface area contributed by atoms with Crippen molar-refractivity contribution in [1.82, 2.24) is 15.5 Å².